The van der Waals surface area contributed by atoms with Crippen molar-refractivity contribution < 1.29 is 14.3 Å². The van der Waals surface area contributed by atoms with Crippen LogP contribution in [0.3, 0.4) is 0 Å². The monoisotopic (exact) mass is 463 g/mol. The molecule has 1 saturated carbocycles. The third kappa shape index (κ3) is 4.92. The smallest absolute Gasteiger partial charge is 0.256 e. The Morgan fingerprint density at radius 2 is 1.88 bits per heavy atom. The topological polar surface area (TPSA) is 105 Å². The number of carbonyl (C=O) groups is 1. The summed E-state index contributed by atoms with van der Waals surface area (Å²) in [6.45, 7) is 2.36. The first kappa shape index (κ1) is 23.8. The molecule has 0 bridgehead atoms. The molecule has 1 aliphatic rings. The van der Waals surface area contributed by atoms with Gasteiger partial charge in [-0.2, -0.15) is 0 Å². The molecule has 1 aromatic carbocycles. The standard InChI is InChI=1S/C26H30FN5O2/c1-3-21-23(18-7-9-22(28)29-15-18)24(31-16-30-21)17-6-8-19(20(27)14-17)25(33)32(2)13-12-26(34)10-4-5-11-26/h6-9,14-16,34H,3-5,10-13H2,1-2H3,(H2,28,29). The normalized spacial score (nSPS) is 14.8. The van der Waals surface area contributed by atoms with Crippen molar-refractivity contribution in [1.82, 2.24) is 19.9 Å². The summed E-state index contributed by atoms with van der Waals surface area (Å²) in [6, 6.07) is 8.07. The van der Waals surface area contributed by atoms with Crippen LogP contribution in [0.1, 0.15) is 55.1 Å². The number of nitrogens with zero attached hydrogens (tertiary/aromatic N) is 4. The zero-order valence-electron chi connectivity index (χ0n) is 19.6. The van der Waals surface area contributed by atoms with Crippen LogP contribution in [-0.2, 0) is 6.42 Å². The molecule has 3 aromatic rings. The van der Waals surface area contributed by atoms with Gasteiger partial charge >= 0.3 is 0 Å². The summed E-state index contributed by atoms with van der Waals surface area (Å²) in [7, 11) is 1.64. The Balaban J connectivity index is 1.61. The summed E-state index contributed by atoms with van der Waals surface area (Å²) in [5.41, 5.74) is 8.47. The van der Waals surface area contributed by atoms with Crippen LogP contribution in [0, 0.1) is 5.82 Å². The van der Waals surface area contributed by atoms with Gasteiger partial charge in [-0.3, -0.25) is 4.79 Å². The Bertz CT molecular complexity index is 1180. The van der Waals surface area contributed by atoms with Gasteiger partial charge in [-0.25, -0.2) is 19.3 Å². The number of hydrogen-bond donors (Lipinski definition) is 2. The number of benzene rings is 1. The van der Waals surface area contributed by atoms with E-state index in [-0.39, 0.29) is 5.56 Å². The molecule has 178 valence electrons. The fraction of sp³-hybridized carbons (Fsp3) is 0.385. The number of anilines is 1. The highest BCUT2D eigenvalue weighted by Gasteiger charge is 2.31. The first-order valence-corrected chi connectivity index (χ1v) is 11.6. The molecule has 34 heavy (non-hydrogen) atoms. The van der Waals surface area contributed by atoms with Gasteiger partial charge in [-0.1, -0.05) is 25.8 Å². The molecule has 3 N–H and O–H groups in total. The summed E-state index contributed by atoms with van der Waals surface area (Å²) < 4.78 is 15.2. The van der Waals surface area contributed by atoms with Gasteiger partial charge in [-0.05, 0) is 49.9 Å². The van der Waals surface area contributed by atoms with Crippen molar-refractivity contribution in [2.24, 2.45) is 0 Å². The molecular formula is C26H30FN5O2. The molecule has 1 aliphatic carbocycles. The fourth-order valence-corrected chi connectivity index (χ4v) is 4.57. The lowest BCUT2D eigenvalue weighted by atomic mass is 9.96. The summed E-state index contributed by atoms with van der Waals surface area (Å²) in [4.78, 5) is 27.4. The van der Waals surface area contributed by atoms with Gasteiger partial charge in [0.25, 0.3) is 5.91 Å². The van der Waals surface area contributed by atoms with Crippen LogP contribution < -0.4 is 5.73 Å². The van der Waals surface area contributed by atoms with E-state index < -0.39 is 17.3 Å². The number of halogens is 1. The van der Waals surface area contributed by atoms with Crippen LogP contribution in [0.25, 0.3) is 22.4 Å². The number of aryl methyl sites for hydroxylation is 1. The molecule has 2 aromatic heterocycles. The van der Waals surface area contributed by atoms with E-state index in [0.717, 1.165) is 42.5 Å². The molecule has 0 radical (unpaired) electrons. The lowest BCUT2D eigenvalue weighted by molar-refractivity contribution is 0.0295. The summed E-state index contributed by atoms with van der Waals surface area (Å²) in [6.07, 6.45) is 7.77. The maximum Gasteiger partial charge on any atom is 0.256 e. The van der Waals surface area contributed by atoms with E-state index in [9.17, 15) is 9.90 Å². The predicted molar refractivity (Wildman–Crippen MR) is 129 cm³/mol. The molecule has 0 spiro atoms. The number of nitrogens with two attached hydrogens (primary N) is 1. The number of amides is 1. The predicted octanol–water partition coefficient (Wildman–Crippen LogP) is 4.26. The zero-order chi connectivity index (χ0) is 24.3. The number of aliphatic hydroxyl groups is 1. The molecule has 0 saturated heterocycles. The highest BCUT2D eigenvalue weighted by atomic mass is 19.1. The number of carbonyl (C=O) groups excluding carboxylic acids is 1. The van der Waals surface area contributed by atoms with Crippen molar-refractivity contribution in [2.75, 3.05) is 19.3 Å². The van der Waals surface area contributed by atoms with Crippen molar-refractivity contribution in [3.63, 3.8) is 0 Å². The van der Waals surface area contributed by atoms with Crippen molar-refractivity contribution in [3.8, 4) is 22.4 Å². The van der Waals surface area contributed by atoms with Crippen molar-refractivity contribution >= 4 is 11.7 Å². The van der Waals surface area contributed by atoms with Crippen LogP contribution in [0.2, 0.25) is 0 Å². The Hall–Kier alpha value is -3.39. The molecule has 1 fully saturated rings. The molecular weight excluding hydrogens is 433 g/mol. The number of rotatable bonds is 7. The van der Waals surface area contributed by atoms with E-state index in [1.165, 1.54) is 23.4 Å². The van der Waals surface area contributed by atoms with Crippen molar-refractivity contribution in [2.45, 2.75) is 51.0 Å². The average Bonchev–Trinajstić information content (AvgIpc) is 3.28. The maximum atomic E-state index is 15.2. The second-order valence-corrected chi connectivity index (χ2v) is 8.97. The Morgan fingerprint density at radius 3 is 2.53 bits per heavy atom. The molecule has 7 nitrogen and oxygen atoms in total. The van der Waals surface area contributed by atoms with Crippen LogP contribution in [0.5, 0.6) is 0 Å². The lowest BCUT2D eigenvalue weighted by Gasteiger charge is -2.26. The van der Waals surface area contributed by atoms with E-state index in [0.29, 0.717) is 36.5 Å². The minimum Gasteiger partial charge on any atom is -0.390 e. The van der Waals surface area contributed by atoms with Gasteiger partial charge in [0.2, 0.25) is 0 Å². The Morgan fingerprint density at radius 1 is 1.15 bits per heavy atom. The minimum absolute atomic E-state index is 0.00914. The largest absolute Gasteiger partial charge is 0.390 e. The van der Waals surface area contributed by atoms with Gasteiger partial charge in [0, 0.05) is 36.5 Å². The third-order valence-corrected chi connectivity index (χ3v) is 6.60. The van der Waals surface area contributed by atoms with Crippen LogP contribution in [0.15, 0.2) is 42.9 Å². The van der Waals surface area contributed by atoms with Crippen LogP contribution in [-0.4, -0.2) is 50.1 Å². The van der Waals surface area contributed by atoms with Crippen molar-refractivity contribution in [1.29, 1.82) is 0 Å². The highest BCUT2D eigenvalue weighted by molar-refractivity contribution is 5.95. The molecule has 0 unspecified atom stereocenters. The lowest BCUT2D eigenvalue weighted by Crippen LogP contribution is -2.34. The van der Waals surface area contributed by atoms with E-state index in [2.05, 4.69) is 15.0 Å². The van der Waals surface area contributed by atoms with Crippen molar-refractivity contribution in [3.05, 3.63) is 59.9 Å². The Kier molecular flexibility index (Phi) is 6.88. The third-order valence-electron chi connectivity index (χ3n) is 6.60. The number of nitrogen functional groups attached to an aromatic ring is 1. The van der Waals surface area contributed by atoms with Crippen LogP contribution in [0.4, 0.5) is 10.2 Å². The first-order chi connectivity index (χ1) is 16.3. The zero-order valence-corrected chi connectivity index (χ0v) is 19.6. The van der Waals surface area contributed by atoms with Gasteiger partial charge in [0.05, 0.1) is 22.6 Å². The van der Waals surface area contributed by atoms with Gasteiger partial charge in [0.15, 0.2) is 0 Å². The minimum atomic E-state index is -0.714. The first-order valence-electron chi connectivity index (χ1n) is 11.6. The van der Waals surface area contributed by atoms with E-state index in [1.807, 2.05) is 13.0 Å². The number of pyridine rings is 1. The number of hydrogen-bond acceptors (Lipinski definition) is 6. The number of aromatic nitrogens is 3. The summed E-state index contributed by atoms with van der Waals surface area (Å²) >= 11 is 0. The van der Waals surface area contributed by atoms with Gasteiger partial charge < -0.3 is 15.7 Å². The summed E-state index contributed by atoms with van der Waals surface area (Å²) in [5.74, 6) is -0.629. The fourth-order valence-electron chi connectivity index (χ4n) is 4.57. The molecule has 0 aliphatic heterocycles. The molecule has 1 amide bonds. The quantitative estimate of drug-likeness (QED) is 0.543. The van der Waals surface area contributed by atoms with Gasteiger partial charge in [-0.15, -0.1) is 0 Å². The molecule has 2 heterocycles. The van der Waals surface area contributed by atoms with Crippen LogP contribution >= 0.6 is 0 Å². The molecule has 4 rings (SSSR count). The van der Waals surface area contributed by atoms with Gasteiger partial charge in [0.1, 0.15) is 18.0 Å². The average molecular weight is 464 g/mol. The second-order valence-electron chi connectivity index (χ2n) is 8.97. The Labute approximate surface area is 198 Å². The second kappa shape index (κ2) is 9.85. The summed E-state index contributed by atoms with van der Waals surface area (Å²) in [5, 5.41) is 10.6. The molecule has 0 atom stereocenters. The SMILES string of the molecule is CCc1ncnc(-c2ccc(C(=O)N(C)CCC3(O)CCCC3)c(F)c2)c1-c1ccc(N)nc1. The maximum absolute atomic E-state index is 15.2. The molecule has 8 heteroatoms. The van der Waals surface area contributed by atoms with E-state index >= 15 is 4.39 Å². The van der Waals surface area contributed by atoms with E-state index in [4.69, 9.17) is 5.73 Å². The van der Waals surface area contributed by atoms with E-state index in [1.54, 1.807) is 25.4 Å². The highest BCUT2D eigenvalue weighted by Crippen LogP contribution is 2.34.